The summed E-state index contributed by atoms with van der Waals surface area (Å²) in [6.45, 7) is 10.4. The van der Waals surface area contributed by atoms with Crippen LogP contribution in [0.2, 0.25) is 0 Å². The highest BCUT2D eigenvalue weighted by molar-refractivity contribution is 7.80. The lowest BCUT2D eigenvalue weighted by Crippen LogP contribution is -2.34. The Morgan fingerprint density at radius 2 is 1.59 bits per heavy atom. The zero-order valence-corrected chi connectivity index (χ0v) is 20.3. The number of carbonyl (C=O) groups excluding carboxylic acids is 2. The third kappa shape index (κ3) is 6.54. The van der Waals surface area contributed by atoms with Gasteiger partial charge in [0.05, 0.1) is 32.1 Å². The summed E-state index contributed by atoms with van der Waals surface area (Å²) < 4.78 is 21.9. The smallest absolute Gasteiger partial charge is 0.350 e. The molecular weight excluding hydrogens is 454 g/mol. The monoisotopic (exact) mass is 481 g/mol. The standard InChI is InChI=1S/C21H27N3O6S2/c1-6-27-14-10-13(11-15(28-7-2)16(14)29-8-3)18(25)23-20(31)24-21-22-12(5)17(32-21)19(26)30-9-4/h10-11H,6-9H2,1-5H3,(H2,22,23,24,25,31). The number of hydrogen-bond acceptors (Lipinski definition) is 9. The second kappa shape index (κ2) is 12.2. The average Bonchev–Trinajstić information content (AvgIpc) is 3.10. The second-order valence-corrected chi connectivity index (χ2v) is 7.57. The molecule has 1 aromatic heterocycles. The van der Waals surface area contributed by atoms with Crippen molar-refractivity contribution in [2.45, 2.75) is 34.6 Å². The highest BCUT2D eigenvalue weighted by atomic mass is 32.1. The minimum absolute atomic E-state index is 0.0314. The van der Waals surface area contributed by atoms with Crippen LogP contribution in [-0.2, 0) is 4.74 Å². The largest absolute Gasteiger partial charge is 0.490 e. The van der Waals surface area contributed by atoms with E-state index in [1.165, 1.54) is 0 Å². The molecule has 2 rings (SSSR count). The fraction of sp³-hybridized carbons (Fsp3) is 0.429. The Labute approximate surface area is 196 Å². The molecule has 0 saturated heterocycles. The first-order valence-electron chi connectivity index (χ1n) is 10.2. The van der Waals surface area contributed by atoms with E-state index in [0.717, 1.165) is 11.3 Å². The lowest BCUT2D eigenvalue weighted by molar-refractivity contribution is 0.0531. The SMILES string of the molecule is CCOC(=O)c1sc(NC(=S)NC(=O)c2cc(OCC)c(OCC)c(OCC)c2)nc1C. The van der Waals surface area contributed by atoms with E-state index in [4.69, 9.17) is 31.2 Å². The van der Waals surface area contributed by atoms with Gasteiger partial charge in [0.1, 0.15) is 4.88 Å². The van der Waals surface area contributed by atoms with Gasteiger partial charge >= 0.3 is 5.97 Å². The molecule has 1 aromatic carbocycles. The van der Waals surface area contributed by atoms with Gasteiger partial charge in [-0.1, -0.05) is 11.3 Å². The molecule has 0 aliphatic heterocycles. The first-order valence-corrected chi connectivity index (χ1v) is 11.4. The maximum atomic E-state index is 12.8. The zero-order chi connectivity index (χ0) is 23.7. The molecule has 0 saturated carbocycles. The molecule has 0 spiro atoms. The molecule has 9 nitrogen and oxygen atoms in total. The highest BCUT2D eigenvalue weighted by Gasteiger charge is 2.20. The molecule has 0 radical (unpaired) electrons. The second-order valence-electron chi connectivity index (χ2n) is 6.16. The Morgan fingerprint density at radius 1 is 1.00 bits per heavy atom. The summed E-state index contributed by atoms with van der Waals surface area (Å²) in [5, 5.41) is 5.82. The number of rotatable bonds is 10. The van der Waals surface area contributed by atoms with E-state index in [9.17, 15) is 9.59 Å². The lowest BCUT2D eigenvalue weighted by Gasteiger charge is -2.17. The van der Waals surface area contributed by atoms with Gasteiger partial charge in [-0.3, -0.25) is 10.1 Å². The number of amides is 1. The van der Waals surface area contributed by atoms with Crippen molar-refractivity contribution < 1.29 is 28.5 Å². The van der Waals surface area contributed by atoms with Crippen molar-refractivity contribution in [3.05, 3.63) is 28.3 Å². The molecule has 32 heavy (non-hydrogen) atoms. The van der Waals surface area contributed by atoms with Crippen molar-refractivity contribution in [2.75, 3.05) is 31.7 Å². The molecule has 0 atom stereocenters. The third-order valence-electron chi connectivity index (χ3n) is 3.88. The van der Waals surface area contributed by atoms with Gasteiger partial charge in [0.15, 0.2) is 21.7 Å². The van der Waals surface area contributed by atoms with Crippen LogP contribution in [0.3, 0.4) is 0 Å². The van der Waals surface area contributed by atoms with Gasteiger partial charge in [-0.25, -0.2) is 9.78 Å². The Kier molecular flexibility index (Phi) is 9.66. The van der Waals surface area contributed by atoms with Crippen LogP contribution in [0.5, 0.6) is 17.2 Å². The number of aromatic nitrogens is 1. The van der Waals surface area contributed by atoms with Gasteiger partial charge < -0.3 is 24.3 Å². The van der Waals surface area contributed by atoms with Crippen molar-refractivity contribution >= 4 is 45.7 Å². The maximum absolute atomic E-state index is 12.8. The van der Waals surface area contributed by atoms with Crippen molar-refractivity contribution in [2.24, 2.45) is 0 Å². The molecule has 0 fully saturated rings. The first kappa shape index (κ1) is 25.3. The number of ether oxygens (including phenoxy) is 4. The fourth-order valence-electron chi connectivity index (χ4n) is 2.66. The number of nitrogens with zero attached hydrogens (tertiary/aromatic N) is 1. The summed E-state index contributed by atoms with van der Waals surface area (Å²) in [5.41, 5.74) is 0.798. The number of benzene rings is 1. The average molecular weight is 482 g/mol. The number of hydrogen-bond donors (Lipinski definition) is 2. The highest BCUT2D eigenvalue weighted by Crippen LogP contribution is 2.39. The van der Waals surface area contributed by atoms with Crippen LogP contribution in [0.1, 0.15) is 53.4 Å². The minimum atomic E-state index is -0.466. The van der Waals surface area contributed by atoms with Crippen LogP contribution in [0.25, 0.3) is 0 Å². The normalized spacial score (nSPS) is 10.3. The summed E-state index contributed by atoms with van der Waals surface area (Å²) in [6.07, 6.45) is 0. The molecule has 1 heterocycles. The molecule has 0 bridgehead atoms. The number of aryl methyl sites for hydroxylation is 1. The molecule has 174 valence electrons. The van der Waals surface area contributed by atoms with Gasteiger partial charge in [-0.2, -0.15) is 0 Å². The van der Waals surface area contributed by atoms with Gasteiger partial charge in [0, 0.05) is 5.56 Å². The van der Waals surface area contributed by atoms with Crippen LogP contribution < -0.4 is 24.8 Å². The maximum Gasteiger partial charge on any atom is 0.350 e. The van der Waals surface area contributed by atoms with Crippen molar-refractivity contribution in [1.29, 1.82) is 0 Å². The van der Waals surface area contributed by atoms with Gasteiger partial charge in [0.2, 0.25) is 5.75 Å². The quantitative estimate of drug-likeness (QED) is 0.385. The van der Waals surface area contributed by atoms with Crippen molar-refractivity contribution in [1.82, 2.24) is 10.3 Å². The van der Waals surface area contributed by atoms with E-state index in [0.29, 0.717) is 52.8 Å². The zero-order valence-electron chi connectivity index (χ0n) is 18.7. The van der Waals surface area contributed by atoms with E-state index in [1.807, 2.05) is 20.8 Å². The lowest BCUT2D eigenvalue weighted by atomic mass is 10.1. The molecule has 0 unspecified atom stereocenters. The van der Waals surface area contributed by atoms with E-state index < -0.39 is 11.9 Å². The van der Waals surface area contributed by atoms with Crippen molar-refractivity contribution in [3.63, 3.8) is 0 Å². The summed E-state index contributed by atoms with van der Waals surface area (Å²) in [6, 6.07) is 3.14. The van der Waals surface area contributed by atoms with E-state index in [2.05, 4.69) is 15.6 Å². The summed E-state index contributed by atoms with van der Waals surface area (Å²) in [5.74, 6) is 0.328. The third-order valence-corrected chi connectivity index (χ3v) is 5.13. The number of nitrogens with one attached hydrogen (secondary N) is 2. The number of anilines is 1. The summed E-state index contributed by atoms with van der Waals surface area (Å²) in [4.78, 5) is 29.4. The molecular formula is C21H27N3O6S2. The summed E-state index contributed by atoms with van der Waals surface area (Å²) in [7, 11) is 0. The van der Waals surface area contributed by atoms with Crippen molar-refractivity contribution in [3.8, 4) is 17.2 Å². The van der Waals surface area contributed by atoms with Crippen LogP contribution >= 0.6 is 23.6 Å². The Hall–Kier alpha value is -2.92. The van der Waals surface area contributed by atoms with E-state index in [1.54, 1.807) is 26.0 Å². The molecule has 0 aliphatic carbocycles. The molecule has 0 aliphatic rings. The van der Waals surface area contributed by atoms with Gasteiger partial charge in [-0.15, -0.1) is 0 Å². The van der Waals surface area contributed by atoms with Crippen LogP contribution in [0, 0.1) is 6.92 Å². The Morgan fingerprint density at radius 3 is 2.12 bits per heavy atom. The molecule has 1 amide bonds. The number of carbonyl (C=O) groups is 2. The number of thiazole rings is 1. The Balaban J connectivity index is 2.18. The fourth-order valence-corrected chi connectivity index (χ4v) is 3.78. The summed E-state index contributed by atoms with van der Waals surface area (Å²) >= 11 is 6.33. The van der Waals surface area contributed by atoms with Crippen LogP contribution in [-0.4, -0.2) is 48.4 Å². The minimum Gasteiger partial charge on any atom is -0.490 e. The molecule has 11 heteroatoms. The van der Waals surface area contributed by atoms with E-state index >= 15 is 0 Å². The van der Waals surface area contributed by atoms with Crippen LogP contribution in [0.4, 0.5) is 5.13 Å². The number of thiocarbonyl (C=S) groups is 1. The molecule has 2 N–H and O–H groups in total. The van der Waals surface area contributed by atoms with Crippen LogP contribution in [0.15, 0.2) is 12.1 Å². The first-order chi connectivity index (χ1) is 15.3. The Bertz CT molecular complexity index is 949. The molecule has 2 aromatic rings. The van der Waals surface area contributed by atoms with Gasteiger partial charge in [-0.05, 0) is 59.0 Å². The van der Waals surface area contributed by atoms with E-state index in [-0.39, 0.29) is 17.3 Å². The number of esters is 1. The van der Waals surface area contributed by atoms with Gasteiger partial charge in [0.25, 0.3) is 5.91 Å². The topological polar surface area (TPSA) is 108 Å². The predicted molar refractivity (Wildman–Crippen MR) is 126 cm³/mol. The predicted octanol–water partition coefficient (Wildman–Crippen LogP) is 3.95.